The van der Waals surface area contributed by atoms with Crippen LogP contribution >= 0.6 is 23.8 Å². The van der Waals surface area contributed by atoms with Crippen molar-refractivity contribution in [3.05, 3.63) is 76.9 Å². The Morgan fingerprint density at radius 2 is 1.96 bits per heavy atom. The number of halogens is 1. The zero-order valence-corrected chi connectivity index (χ0v) is 14.7. The molecule has 0 aliphatic heterocycles. The lowest BCUT2D eigenvalue weighted by Gasteiger charge is -2.09. The van der Waals surface area contributed by atoms with Gasteiger partial charge >= 0.3 is 0 Å². The first-order chi connectivity index (χ1) is 11.6. The first-order valence-corrected chi connectivity index (χ1v) is 8.30. The summed E-state index contributed by atoms with van der Waals surface area (Å²) in [6, 6.07) is 17.6. The summed E-state index contributed by atoms with van der Waals surface area (Å²) >= 11 is 11.3. The molecule has 122 valence electrons. The molecule has 0 radical (unpaired) electrons. The molecule has 0 atom stereocenters. The largest absolute Gasteiger partial charge is 0.332 e. The number of nitrogens with zero attached hydrogens (tertiary/aromatic N) is 2. The van der Waals surface area contributed by atoms with Crippen molar-refractivity contribution in [1.82, 2.24) is 9.78 Å². The Hall–Kier alpha value is -2.37. The van der Waals surface area contributed by atoms with Crippen LogP contribution in [0, 0.1) is 6.92 Å². The molecule has 0 spiro atoms. The minimum atomic E-state index is 0.471. The summed E-state index contributed by atoms with van der Waals surface area (Å²) in [5, 5.41) is 11.8. The SMILES string of the molecule is Cc1ccccc1Cn1ccc(NC(=S)Nc2cccc(Cl)c2)n1. The van der Waals surface area contributed by atoms with Crippen molar-refractivity contribution in [2.75, 3.05) is 10.6 Å². The van der Waals surface area contributed by atoms with Crippen LogP contribution in [0.15, 0.2) is 60.8 Å². The summed E-state index contributed by atoms with van der Waals surface area (Å²) in [5.74, 6) is 0.697. The van der Waals surface area contributed by atoms with E-state index in [9.17, 15) is 0 Å². The molecule has 4 nitrogen and oxygen atoms in total. The Balaban J connectivity index is 1.61. The molecule has 0 amide bonds. The van der Waals surface area contributed by atoms with Gasteiger partial charge in [0, 0.05) is 23.0 Å². The molecule has 0 aliphatic carbocycles. The summed E-state index contributed by atoms with van der Waals surface area (Å²) in [6.45, 7) is 2.82. The maximum absolute atomic E-state index is 5.96. The molecule has 2 N–H and O–H groups in total. The summed E-state index contributed by atoms with van der Waals surface area (Å²) in [6.07, 6.45) is 1.93. The highest BCUT2D eigenvalue weighted by Gasteiger charge is 2.04. The molecule has 1 aromatic heterocycles. The zero-order valence-electron chi connectivity index (χ0n) is 13.2. The zero-order chi connectivity index (χ0) is 16.9. The van der Waals surface area contributed by atoms with Crippen LogP contribution in [-0.2, 0) is 6.54 Å². The topological polar surface area (TPSA) is 41.9 Å². The Kier molecular flexibility index (Phi) is 5.13. The Morgan fingerprint density at radius 1 is 1.12 bits per heavy atom. The molecule has 0 saturated heterocycles. The molecular weight excluding hydrogens is 340 g/mol. The monoisotopic (exact) mass is 356 g/mol. The lowest BCUT2D eigenvalue weighted by molar-refractivity contribution is 0.687. The van der Waals surface area contributed by atoms with E-state index < -0.39 is 0 Å². The van der Waals surface area contributed by atoms with Crippen LogP contribution in [0.5, 0.6) is 0 Å². The Bertz CT molecular complexity index is 859. The van der Waals surface area contributed by atoms with Crippen molar-refractivity contribution >= 4 is 40.4 Å². The molecule has 0 unspecified atom stereocenters. The van der Waals surface area contributed by atoms with E-state index in [0.717, 1.165) is 12.2 Å². The number of hydrogen-bond donors (Lipinski definition) is 2. The summed E-state index contributed by atoms with van der Waals surface area (Å²) in [5.41, 5.74) is 3.33. The van der Waals surface area contributed by atoms with E-state index in [1.807, 2.05) is 53.3 Å². The number of nitrogens with one attached hydrogen (secondary N) is 2. The second kappa shape index (κ2) is 7.47. The molecule has 1 heterocycles. The molecule has 0 saturated carbocycles. The van der Waals surface area contributed by atoms with Crippen LogP contribution in [0.4, 0.5) is 11.5 Å². The van der Waals surface area contributed by atoms with Gasteiger partial charge in [0.25, 0.3) is 0 Å². The molecule has 0 fully saturated rings. The van der Waals surface area contributed by atoms with Gasteiger partial charge in [0.05, 0.1) is 6.54 Å². The highest BCUT2D eigenvalue weighted by molar-refractivity contribution is 7.80. The number of thiocarbonyl (C=S) groups is 1. The quantitative estimate of drug-likeness (QED) is 0.665. The van der Waals surface area contributed by atoms with Crippen molar-refractivity contribution in [3.8, 4) is 0 Å². The molecule has 0 bridgehead atoms. The van der Waals surface area contributed by atoms with E-state index >= 15 is 0 Å². The van der Waals surface area contributed by atoms with Gasteiger partial charge in [-0.1, -0.05) is 41.9 Å². The predicted molar refractivity (Wildman–Crippen MR) is 104 cm³/mol. The third-order valence-corrected chi connectivity index (χ3v) is 4.00. The fourth-order valence-electron chi connectivity index (χ4n) is 2.32. The van der Waals surface area contributed by atoms with Gasteiger partial charge in [-0.25, -0.2) is 0 Å². The van der Waals surface area contributed by atoms with E-state index in [1.54, 1.807) is 0 Å². The molecular formula is C18H17ClN4S. The minimum absolute atomic E-state index is 0.471. The fourth-order valence-corrected chi connectivity index (χ4v) is 2.74. The van der Waals surface area contributed by atoms with E-state index in [0.29, 0.717) is 16.0 Å². The van der Waals surface area contributed by atoms with Gasteiger partial charge in [-0.15, -0.1) is 0 Å². The maximum atomic E-state index is 5.96. The number of rotatable bonds is 4. The van der Waals surface area contributed by atoms with Crippen LogP contribution in [0.3, 0.4) is 0 Å². The first kappa shape index (κ1) is 16.5. The van der Waals surface area contributed by atoms with Gasteiger partial charge in [0.2, 0.25) is 0 Å². The third kappa shape index (κ3) is 4.34. The predicted octanol–water partition coefficient (Wildman–Crippen LogP) is 4.70. The number of aryl methyl sites for hydroxylation is 1. The third-order valence-electron chi connectivity index (χ3n) is 3.56. The van der Waals surface area contributed by atoms with Crippen molar-refractivity contribution in [2.24, 2.45) is 0 Å². The summed E-state index contributed by atoms with van der Waals surface area (Å²) < 4.78 is 1.88. The van der Waals surface area contributed by atoms with Gasteiger partial charge in [-0.3, -0.25) is 4.68 Å². The maximum Gasteiger partial charge on any atom is 0.176 e. The van der Waals surface area contributed by atoms with Crippen LogP contribution in [0.25, 0.3) is 0 Å². The first-order valence-electron chi connectivity index (χ1n) is 7.52. The van der Waals surface area contributed by atoms with Gasteiger partial charge in [0.15, 0.2) is 10.9 Å². The van der Waals surface area contributed by atoms with Crippen molar-refractivity contribution in [3.63, 3.8) is 0 Å². The van der Waals surface area contributed by atoms with E-state index in [1.165, 1.54) is 11.1 Å². The lowest BCUT2D eigenvalue weighted by atomic mass is 10.1. The standard InChI is InChI=1S/C18H17ClN4S/c1-13-5-2-3-6-14(13)12-23-10-9-17(22-23)21-18(24)20-16-8-4-7-15(19)11-16/h2-11H,12H2,1H3,(H2,20,21,22,24). The van der Waals surface area contributed by atoms with Crippen LogP contribution in [-0.4, -0.2) is 14.9 Å². The van der Waals surface area contributed by atoms with Gasteiger partial charge < -0.3 is 10.6 Å². The second-order valence-corrected chi connectivity index (χ2v) is 6.26. The van der Waals surface area contributed by atoms with Crippen molar-refractivity contribution in [2.45, 2.75) is 13.5 Å². The van der Waals surface area contributed by atoms with Gasteiger partial charge in [-0.2, -0.15) is 5.10 Å². The molecule has 24 heavy (non-hydrogen) atoms. The Labute approximate surface area is 151 Å². The van der Waals surface area contributed by atoms with Crippen molar-refractivity contribution < 1.29 is 0 Å². The number of anilines is 2. The normalized spacial score (nSPS) is 10.4. The van der Waals surface area contributed by atoms with Crippen LogP contribution in [0.2, 0.25) is 5.02 Å². The molecule has 0 aliphatic rings. The fraction of sp³-hybridized carbons (Fsp3) is 0.111. The summed E-state index contributed by atoms with van der Waals surface area (Å²) in [4.78, 5) is 0. The van der Waals surface area contributed by atoms with Crippen LogP contribution in [0.1, 0.15) is 11.1 Å². The van der Waals surface area contributed by atoms with Gasteiger partial charge in [0.1, 0.15) is 0 Å². The summed E-state index contributed by atoms with van der Waals surface area (Å²) in [7, 11) is 0. The smallest absolute Gasteiger partial charge is 0.176 e. The Morgan fingerprint density at radius 3 is 2.75 bits per heavy atom. The highest BCUT2D eigenvalue weighted by Crippen LogP contribution is 2.15. The number of benzene rings is 2. The molecule has 2 aromatic carbocycles. The average molecular weight is 357 g/mol. The number of aromatic nitrogens is 2. The highest BCUT2D eigenvalue weighted by atomic mass is 35.5. The lowest BCUT2D eigenvalue weighted by Crippen LogP contribution is -2.19. The average Bonchev–Trinajstić information content (AvgIpc) is 2.96. The molecule has 3 rings (SSSR count). The van der Waals surface area contributed by atoms with E-state index in [-0.39, 0.29) is 0 Å². The van der Waals surface area contributed by atoms with Gasteiger partial charge in [-0.05, 0) is 48.5 Å². The van der Waals surface area contributed by atoms with Crippen LogP contribution < -0.4 is 10.6 Å². The minimum Gasteiger partial charge on any atom is -0.332 e. The van der Waals surface area contributed by atoms with E-state index in [2.05, 4.69) is 34.8 Å². The van der Waals surface area contributed by atoms with Crippen molar-refractivity contribution in [1.29, 1.82) is 0 Å². The molecule has 6 heteroatoms. The number of hydrogen-bond acceptors (Lipinski definition) is 2. The molecule has 3 aromatic rings. The second-order valence-electron chi connectivity index (χ2n) is 5.41. The van der Waals surface area contributed by atoms with E-state index in [4.69, 9.17) is 23.8 Å².